The molecule has 0 bridgehead atoms. The van der Waals surface area contributed by atoms with Crippen LogP contribution in [0.4, 0.5) is 4.79 Å². The number of benzene rings is 2. The van der Waals surface area contributed by atoms with Gasteiger partial charge < -0.3 is 14.7 Å². The second-order valence-corrected chi connectivity index (χ2v) is 8.51. The lowest BCUT2D eigenvalue weighted by molar-refractivity contribution is -0.132. The number of hydrogen-bond donors (Lipinski definition) is 0. The minimum Gasteiger partial charge on any atom is -0.342 e. The molecular formula is C24H29N3O2. The van der Waals surface area contributed by atoms with Crippen LogP contribution in [-0.2, 0) is 23.2 Å². The van der Waals surface area contributed by atoms with E-state index in [0.717, 1.165) is 38.0 Å². The van der Waals surface area contributed by atoms with Crippen LogP contribution >= 0.6 is 0 Å². The Bertz CT molecular complexity index is 886. The number of fused-ring (bicyclic) bond motifs is 2. The molecular weight excluding hydrogens is 362 g/mol. The predicted molar refractivity (Wildman–Crippen MR) is 114 cm³/mol. The minimum absolute atomic E-state index is 0.0569. The highest BCUT2D eigenvalue weighted by Crippen LogP contribution is 2.42. The first kappa shape index (κ1) is 19.5. The summed E-state index contributed by atoms with van der Waals surface area (Å²) in [6.45, 7) is 2.86. The zero-order valence-corrected chi connectivity index (χ0v) is 17.3. The molecule has 3 amide bonds. The van der Waals surface area contributed by atoms with Gasteiger partial charge in [0.25, 0.3) is 0 Å². The standard InChI is InChI=1S/C24H29N3O2/c1-25(2)23(29)27-17-20-10-6-7-11-21(20)24(18-27)12-14-26(15-13-24)22(28)16-19-8-4-3-5-9-19/h3-11H,12-18H2,1-2H3. The molecule has 152 valence electrons. The third kappa shape index (κ3) is 3.86. The van der Waals surface area contributed by atoms with Gasteiger partial charge >= 0.3 is 6.03 Å². The predicted octanol–water partition coefficient (Wildman–Crippen LogP) is 3.29. The van der Waals surface area contributed by atoms with Crippen molar-refractivity contribution in [1.29, 1.82) is 0 Å². The lowest BCUT2D eigenvalue weighted by Gasteiger charge is -2.49. The van der Waals surface area contributed by atoms with Crippen molar-refractivity contribution >= 4 is 11.9 Å². The number of likely N-dealkylation sites (tertiary alicyclic amines) is 1. The maximum Gasteiger partial charge on any atom is 0.319 e. The average molecular weight is 392 g/mol. The molecule has 29 heavy (non-hydrogen) atoms. The van der Waals surface area contributed by atoms with E-state index >= 15 is 0 Å². The van der Waals surface area contributed by atoms with Crippen LogP contribution in [-0.4, -0.2) is 60.4 Å². The highest BCUT2D eigenvalue weighted by atomic mass is 16.2. The van der Waals surface area contributed by atoms with E-state index in [2.05, 4.69) is 24.3 Å². The van der Waals surface area contributed by atoms with Gasteiger partial charge in [-0.2, -0.15) is 0 Å². The number of nitrogens with zero attached hydrogens (tertiary/aromatic N) is 3. The smallest absolute Gasteiger partial charge is 0.319 e. The zero-order valence-electron chi connectivity index (χ0n) is 17.3. The number of piperidine rings is 1. The summed E-state index contributed by atoms with van der Waals surface area (Å²) < 4.78 is 0. The van der Waals surface area contributed by atoms with E-state index in [9.17, 15) is 9.59 Å². The van der Waals surface area contributed by atoms with Crippen molar-refractivity contribution in [2.75, 3.05) is 33.7 Å². The first-order valence-electron chi connectivity index (χ1n) is 10.3. The summed E-state index contributed by atoms with van der Waals surface area (Å²) in [5.41, 5.74) is 3.59. The molecule has 1 spiro atoms. The summed E-state index contributed by atoms with van der Waals surface area (Å²) in [6, 6.07) is 18.5. The van der Waals surface area contributed by atoms with Gasteiger partial charge in [0, 0.05) is 45.7 Å². The normalized spacial score (nSPS) is 17.7. The summed E-state index contributed by atoms with van der Waals surface area (Å²) in [7, 11) is 3.61. The van der Waals surface area contributed by atoms with Crippen LogP contribution in [0.25, 0.3) is 0 Å². The van der Waals surface area contributed by atoms with Gasteiger partial charge in [0.15, 0.2) is 0 Å². The Morgan fingerprint density at radius 1 is 0.931 bits per heavy atom. The van der Waals surface area contributed by atoms with Crippen molar-refractivity contribution < 1.29 is 9.59 Å². The molecule has 0 atom stereocenters. The molecule has 2 heterocycles. The molecule has 2 aliphatic heterocycles. The van der Waals surface area contributed by atoms with E-state index < -0.39 is 0 Å². The van der Waals surface area contributed by atoms with Gasteiger partial charge in [-0.05, 0) is 29.5 Å². The van der Waals surface area contributed by atoms with E-state index in [-0.39, 0.29) is 17.4 Å². The summed E-state index contributed by atoms with van der Waals surface area (Å²) in [4.78, 5) is 31.1. The van der Waals surface area contributed by atoms with E-state index in [0.29, 0.717) is 13.0 Å². The summed E-state index contributed by atoms with van der Waals surface area (Å²) >= 11 is 0. The number of hydrogen-bond acceptors (Lipinski definition) is 2. The van der Waals surface area contributed by atoms with Crippen LogP contribution in [0.5, 0.6) is 0 Å². The van der Waals surface area contributed by atoms with Gasteiger partial charge in [0.1, 0.15) is 0 Å². The first-order chi connectivity index (χ1) is 14.0. The molecule has 2 aromatic rings. The van der Waals surface area contributed by atoms with Gasteiger partial charge in [0.2, 0.25) is 5.91 Å². The molecule has 5 heteroatoms. The molecule has 5 nitrogen and oxygen atoms in total. The fourth-order valence-corrected chi connectivity index (χ4v) is 4.80. The monoisotopic (exact) mass is 391 g/mol. The highest BCUT2D eigenvalue weighted by Gasteiger charge is 2.43. The second-order valence-electron chi connectivity index (χ2n) is 8.51. The van der Waals surface area contributed by atoms with Gasteiger partial charge in [-0.1, -0.05) is 54.6 Å². The van der Waals surface area contributed by atoms with E-state index in [1.807, 2.05) is 40.1 Å². The summed E-state index contributed by atoms with van der Waals surface area (Å²) in [5, 5.41) is 0. The van der Waals surface area contributed by atoms with Crippen LogP contribution in [0.15, 0.2) is 54.6 Å². The van der Waals surface area contributed by atoms with Crippen LogP contribution in [0.2, 0.25) is 0 Å². The molecule has 4 rings (SSSR count). The van der Waals surface area contributed by atoms with Gasteiger partial charge in [-0.3, -0.25) is 4.79 Å². The molecule has 0 N–H and O–H groups in total. The third-order valence-corrected chi connectivity index (χ3v) is 6.37. The number of rotatable bonds is 2. The van der Waals surface area contributed by atoms with Crippen LogP contribution < -0.4 is 0 Å². The van der Waals surface area contributed by atoms with Gasteiger partial charge in [-0.15, -0.1) is 0 Å². The number of urea groups is 1. The van der Waals surface area contributed by atoms with Crippen LogP contribution in [0, 0.1) is 0 Å². The molecule has 1 fully saturated rings. The zero-order chi connectivity index (χ0) is 20.4. The minimum atomic E-state index is -0.0654. The fourth-order valence-electron chi connectivity index (χ4n) is 4.80. The van der Waals surface area contributed by atoms with E-state index in [1.54, 1.807) is 19.0 Å². The maximum atomic E-state index is 12.8. The Labute approximate surface area is 172 Å². The molecule has 1 saturated heterocycles. The third-order valence-electron chi connectivity index (χ3n) is 6.37. The Hall–Kier alpha value is -2.82. The lowest BCUT2D eigenvalue weighted by Crippen LogP contribution is -2.55. The van der Waals surface area contributed by atoms with Crippen molar-refractivity contribution in [2.45, 2.75) is 31.2 Å². The molecule has 0 aromatic heterocycles. The number of carbonyl (C=O) groups excluding carboxylic acids is 2. The fraction of sp³-hybridized carbons (Fsp3) is 0.417. The first-order valence-corrected chi connectivity index (χ1v) is 10.3. The van der Waals surface area contributed by atoms with Crippen molar-refractivity contribution in [1.82, 2.24) is 14.7 Å². The SMILES string of the molecule is CN(C)C(=O)N1Cc2ccccc2C2(CCN(C(=O)Cc3ccccc3)CC2)C1. The Morgan fingerprint density at radius 2 is 1.59 bits per heavy atom. The summed E-state index contributed by atoms with van der Waals surface area (Å²) in [6.07, 6.45) is 2.24. The molecule has 2 aromatic carbocycles. The van der Waals surface area contributed by atoms with E-state index in [4.69, 9.17) is 0 Å². The molecule has 0 unspecified atom stereocenters. The quantitative estimate of drug-likeness (QED) is 0.789. The van der Waals surface area contributed by atoms with Crippen molar-refractivity contribution in [3.8, 4) is 0 Å². The van der Waals surface area contributed by atoms with Gasteiger partial charge in [0.05, 0.1) is 6.42 Å². The van der Waals surface area contributed by atoms with Crippen molar-refractivity contribution in [3.63, 3.8) is 0 Å². The Balaban J connectivity index is 1.51. The Morgan fingerprint density at radius 3 is 2.28 bits per heavy atom. The van der Waals surface area contributed by atoms with Crippen LogP contribution in [0.3, 0.4) is 0 Å². The van der Waals surface area contributed by atoms with Crippen LogP contribution in [0.1, 0.15) is 29.5 Å². The summed E-state index contributed by atoms with van der Waals surface area (Å²) in [5.74, 6) is 0.191. The molecule has 2 aliphatic rings. The molecule has 0 aliphatic carbocycles. The highest BCUT2D eigenvalue weighted by molar-refractivity contribution is 5.79. The topological polar surface area (TPSA) is 43.9 Å². The lowest BCUT2D eigenvalue weighted by atomic mass is 9.69. The average Bonchev–Trinajstić information content (AvgIpc) is 2.74. The maximum absolute atomic E-state index is 12.8. The Kier molecular flexibility index (Phi) is 5.31. The van der Waals surface area contributed by atoms with Crippen molar-refractivity contribution in [3.05, 3.63) is 71.3 Å². The number of carbonyl (C=O) groups is 2. The van der Waals surface area contributed by atoms with Crippen molar-refractivity contribution in [2.24, 2.45) is 0 Å². The largest absolute Gasteiger partial charge is 0.342 e. The number of amides is 3. The molecule has 0 radical (unpaired) electrons. The van der Waals surface area contributed by atoms with E-state index in [1.165, 1.54) is 11.1 Å². The second kappa shape index (κ2) is 7.90. The van der Waals surface area contributed by atoms with Gasteiger partial charge in [-0.25, -0.2) is 4.79 Å². The molecule has 0 saturated carbocycles.